The van der Waals surface area contributed by atoms with E-state index in [1.807, 2.05) is 74.5 Å². The number of rotatable bonds is 5. The number of carbonyl (C=O) groups is 2. The van der Waals surface area contributed by atoms with E-state index in [9.17, 15) is 9.59 Å². The van der Waals surface area contributed by atoms with Crippen LogP contribution in [0.15, 0.2) is 93.7 Å². The molecule has 2 N–H and O–H groups in total. The fourth-order valence-corrected chi connectivity index (χ4v) is 5.50. The molecule has 2 aromatic carbocycles. The lowest BCUT2D eigenvalue weighted by atomic mass is 9.71. The zero-order chi connectivity index (χ0) is 26.1. The fraction of sp³-hybridized carbons (Fsp3) is 0.233. The summed E-state index contributed by atoms with van der Waals surface area (Å²) in [6.07, 6.45) is 1.07. The summed E-state index contributed by atoms with van der Waals surface area (Å²) in [7, 11) is 1.64. The molecule has 0 saturated heterocycles. The van der Waals surface area contributed by atoms with Gasteiger partial charge in [-0.15, -0.1) is 0 Å². The SMILES string of the molecule is COc1ccc(C2CC(=O)C3=C(C2)NC(C)=C(C(=O)Nc2cccc(C)n2)C3c2ccc(Br)cc2)cc1. The molecule has 0 bridgehead atoms. The molecule has 2 unspecified atom stereocenters. The first-order chi connectivity index (χ1) is 17.8. The summed E-state index contributed by atoms with van der Waals surface area (Å²) in [5, 5.41) is 6.38. The van der Waals surface area contributed by atoms with Crippen molar-refractivity contribution in [1.82, 2.24) is 10.3 Å². The van der Waals surface area contributed by atoms with Gasteiger partial charge in [-0.2, -0.15) is 0 Å². The monoisotopic (exact) mass is 557 g/mol. The van der Waals surface area contributed by atoms with Crippen molar-refractivity contribution in [3.8, 4) is 5.75 Å². The first kappa shape index (κ1) is 25.0. The van der Waals surface area contributed by atoms with Crippen LogP contribution in [0.3, 0.4) is 0 Å². The number of ketones is 1. The maximum atomic E-state index is 13.8. The van der Waals surface area contributed by atoms with Crippen LogP contribution in [-0.2, 0) is 9.59 Å². The number of allylic oxidation sites excluding steroid dienone is 3. The van der Waals surface area contributed by atoms with Gasteiger partial charge < -0.3 is 15.4 Å². The highest BCUT2D eigenvalue weighted by molar-refractivity contribution is 9.10. The third-order valence-electron chi connectivity index (χ3n) is 6.99. The number of nitrogens with zero attached hydrogens (tertiary/aromatic N) is 1. The fourth-order valence-electron chi connectivity index (χ4n) is 5.24. The molecule has 1 aliphatic heterocycles. The van der Waals surface area contributed by atoms with Crippen LogP contribution in [0.25, 0.3) is 0 Å². The number of anilines is 1. The van der Waals surface area contributed by atoms with Gasteiger partial charge in [0.25, 0.3) is 5.91 Å². The number of halogens is 1. The third-order valence-corrected chi connectivity index (χ3v) is 7.52. The van der Waals surface area contributed by atoms with Crippen LogP contribution in [0.5, 0.6) is 5.75 Å². The molecule has 0 radical (unpaired) electrons. The molecular formula is C30H28BrN3O3. The normalized spacial score (nSPS) is 19.3. The quantitative estimate of drug-likeness (QED) is 0.392. The number of methoxy groups -OCH3 is 1. The number of nitrogens with one attached hydrogen (secondary N) is 2. The molecule has 1 aliphatic carbocycles. The third kappa shape index (κ3) is 5.09. The number of ether oxygens (including phenoxy) is 1. The Morgan fingerprint density at radius 2 is 1.70 bits per heavy atom. The second kappa shape index (κ2) is 10.3. The lowest BCUT2D eigenvalue weighted by Gasteiger charge is -2.37. The Balaban J connectivity index is 1.53. The van der Waals surface area contributed by atoms with E-state index < -0.39 is 5.92 Å². The van der Waals surface area contributed by atoms with Gasteiger partial charge in [0.1, 0.15) is 11.6 Å². The molecule has 2 aliphatic rings. The number of hydrogen-bond donors (Lipinski definition) is 2. The minimum Gasteiger partial charge on any atom is -0.497 e. The van der Waals surface area contributed by atoms with E-state index >= 15 is 0 Å². The van der Waals surface area contributed by atoms with Gasteiger partial charge in [-0.1, -0.05) is 46.3 Å². The summed E-state index contributed by atoms with van der Waals surface area (Å²) >= 11 is 3.50. The highest BCUT2D eigenvalue weighted by Crippen LogP contribution is 2.46. The number of Topliss-reactive ketones (excluding diaryl/α,β-unsaturated/α-hetero) is 1. The molecule has 0 spiro atoms. The van der Waals surface area contributed by atoms with Gasteiger partial charge in [-0.05, 0) is 73.7 Å². The van der Waals surface area contributed by atoms with Crippen LogP contribution in [0.4, 0.5) is 5.82 Å². The summed E-state index contributed by atoms with van der Waals surface area (Å²) in [6, 6.07) is 21.2. The van der Waals surface area contributed by atoms with Gasteiger partial charge in [-0.3, -0.25) is 9.59 Å². The molecule has 188 valence electrons. The molecule has 5 rings (SSSR count). The van der Waals surface area contributed by atoms with Crippen molar-refractivity contribution in [2.45, 2.75) is 38.5 Å². The summed E-state index contributed by atoms with van der Waals surface area (Å²) < 4.78 is 6.23. The first-order valence-corrected chi connectivity index (χ1v) is 13.0. The Morgan fingerprint density at radius 3 is 2.38 bits per heavy atom. The van der Waals surface area contributed by atoms with Crippen LogP contribution in [0.1, 0.15) is 48.4 Å². The zero-order valence-corrected chi connectivity index (χ0v) is 22.6. The molecule has 2 atom stereocenters. The van der Waals surface area contributed by atoms with E-state index in [-0.39, 0.29) is 17.6 Å². The van der Waals surface area contributed by atoms with Crippen LogP contribution in [0, 0.1) is 6.92 Å². The average molecular weight is 558 g/mol. The predicted octanol–water partition coefficient (Wildman–Crippen LogP) is 6.16. The van der Waals surface area contributed by atoms with E-state index in [4.69, 9.17) is 4.74 Å². The van der Waals surface area contributed by atoms with Crippen molar-refractivity contribution in [1.29, 1.82) is 0 Å². The van der Waals surface area contributed by atoms with Crippen molar-refractivity contribution in [3.05, 3.63) is 111 Å². The van der Waals surface area contributed by atoms with Crippen LogP contribution >= 0.6 is 15.9 Å². The molecule has 1 amide bonds. The van der Waals surface area contributed by atoms with Gasteiger partial charge in [0.2, 0.25) is 0 Å². The molecular weight excluding hydrogens is 530 g/mol. The Morgan fingerprint density at radius 1 is 1.00 bits per heavy atom. The van der Waals surface area contributed by atoms with Gasteiger partial charge in [0, 0.05) is 45.0 Å². The summed E-state index contributed by atoms with van der Waals surface area (Å²) in [5.41, 5.74) is 5.62. The van der Waals surface area contributed by atoms with Gasteiger partial charge in [0.05, 0.1) is 7.11 Å². The van der Waals surface area contributed by atoms with E-state index in [0.717, 1.165) is 38.4 Å². The average Bonchev–Trinajstić information content (AvgIpc) is 2.88. The number of dihydropyridines is 1. The second-order valence-corrected chi connectivity index (χ2v) is 10.4. The highest BCUT2D eigenvalue weighted by Gasteiger charge is 2.41. The van der Waals surface area contributed by atoms with Crippen molar-refractivity contribution < 1.29 is 14.3 Å². The van der Waals surface area contributed by atoms with Crippen LogP contribution < -0.4 is 15.4 Å². The molecule has 0 fully saturated rings. The Bertz CT molecular complexity index is 1430. The number of amides is 1. The Kier molecular flexibility index (Phi) is 6.98. The largest absolute Gasteiger partial charge is 0.497 e. The number of aromatic nitrogens is 1. The molecule has 2 heterocycles. The molecule has 3 aromatic rings. The molecule has 0 saturated carbocycles. The lowest BCUT2D eigenvalue weighted by molar-refractivity contribution is -0.116. The lowest BCUT2D eigenvalue weighted by Crippen LogP contribution is -2.37. The first-order valence-electron chi connectivity index (χ1n) is 12.2. The number of hydrogen-bond acceptors (Lipinski definition) is 5. The van der Waals surface area contributed by atoms with Crippen molar-refractivity contribution in [2.24, 2.45) is 0 Å². The Labute approximate surface area is 225 Å². The molecule has 7 heteroatoms. The number of aryl methyl sites for hydroxylation is 1. The van der Waals surface area contributed by atoms with Crippen molar-refractivity contribution in [3.63, 3.8) is 0 Å². The minimum atomic E-state index is -0.474. The zero-order valence-electron chi connectivity index (χ0n) is 21.0. The highest BCUT2D eigenvalue weighted by atomic mass is 79.9. The standard InChI is InChI=1S/C30H28BrN3O3/c1-17-5-4-6-26(32-17)34-30(36)27-18(2)33-24-15-21(19-9-13-23(37-3)14-10-19)16-25(35)29(24)28(27)20-7-11-22(31)12-8-20/h4-14,21,28,33H,15-16H2,1-3H3,(H,32,34,36). The Hall–Kier alpha value is -3.71. The maximum absolute atomic E-state index is 13.8. The van der Waals surface area contributed by atoms with Crippen molar-refractivity contribution in [2.75, 3.05) is 12.4 Å². The van der Waals surface area contributed by atoms with E-state index in [1.165, 1.54) is 0 Å². The van der Waals surface area contributed by atoms with Crippen molar-refractivity contribution >= 4 is 33.4 Å². The summed E-state index contributed by atoms with van der Waals surface area (Å²) in [5.74, 6) is 0.624. The van der Waals surface area contributed by atoms with Gasteiger partial charge in [0.15, 0.2) is 5.78 Å². The smallest absolute Gasteiger partial charge is 0.255 e. The number of pyridine rings is 1. The predicted molar refractivity (Wildman–Crippen MR) is 147 cm³/mol. The summed E-state index contributed by atoms with van der Waals surface area (Å²) in [4.78, 5) is 31.9. The molecule has 37 heavy (non-hydrogen) atoms. The maximum Gasteiger partial charge on any atom is 0.255 e. The molecule has 1 aromatic heterocycles. The van der Waals surface area contributed by atoms with Crippen LogP contribution in [-0.4, -0.2) is 23.8 Å². The molecule has 6 nitrogen and oxygen atoms in total. The second-order valence-electron chi connectivity index (χ2n) is 9.46. The minimum absolute atomic E-state index is 0.0500. The van der Waals surface area contributed by atoms with E-state index in [1.54, 1.807) is 13.2 Å². The van der Waals surface area contributed by atoms with E-state index in [2.05, 4.69) is 31.5 Å². The van der Waals surface area contributed by atoms with Gasteiger partial charge >= 0.3 is 0 Å². The topological polar surface area (TPSA) is 80.3 Å². The number of carbonyl (C=O) groups excluding carboxylic acids is 2. The summed E-state index contributed by atoms with van der Waals surface area (Å²) in [6.45, 7) is 3.78. The number of benzene rings is 2. The van der Waals surface area contributed by atoms with Gasteiger partial charge in [-0.25, -0.2) is 4.98 Å². The van der Waals surface area contributed by atoms with Crippen LogP contribution in [0.2, 0.25) is 0 Å². The van der Waals surface area contributed by atoms with E-state index in [0.29, 0.717) is 29.8 Å².